The molecule has 0 aliphatic rings. The Kier molecular flexibility index (Phi) is 5.54. The van der Waals surface area contributed by atoms with Gasteiger partial charge < -0.3 is 19.7 Å². The summed E-state index contributed by atoms with van der Waals surface area (Å²) >= 11 is 0. The van der Waals surface area contributed by atoms with Crippen LogP contribution in [0.3, 0.4) is 0 Å². The SMILES string of the molecule is COCC(CCO)NC(=O)c1ccn(C)c(=O)c1. The van der Waals surface area contributed by atoms with E-state index in [1.807, 2.05) is 0 Å². The number of methoxy groups -OCH3 is 1. The fourth-order valence-electron chi connectivity index (χ4n) is 1.51. The maximum absolute atomic E-state index is 11.9. The zero-order valence-corrected chi connectivity index (χ0v) is 10.5. The van der Waals surface area contributed by atoms with E-state index in [2.05, 4.69) is 5.32 Å². The number of rotatable bonds is 6. The zero-order valence-electron chi connectivity index (χ0n) is 10.5. The van der Waals surface area contributed by atoms with Crippen LogP contribution in [0.5, 0.6) is 0 Å². The molecule has 0 aliphatic carbocycles. The molecule has 6 heteroatoms. The van der Waals surface area contributed by atoms with Gasteiger partial charge in [0.15, 0.2) is 0 Å². The molecular weight excluding hydrogens is 236 g/mol. The molecule has 0 bridgehead atoms. The molecule has 0 spiro atoms. The van der Waals surface area contributed by atoms with Crippen molar-refractivity contribution in [2.24, 2.45) is 7.05 Å². The van der Waals surface area contributed by atoms with E-state index in [1.54, 1.807) is 13.1 Å². The second kappa shape index (κ2) is 6.93. The largest absolute Gasteiger partial charge is 0.396 e. The first kappa shape index (κ1) is 14.4. The second-order valence-corrected chi connectivity index (χ2v) is 4.00. The predicted molar refractivity (Wildman–Crippen MR) is 66.5 cm³/mol. The van der Waals surface area contributed by atoms with Gasteiger partial charge in [0.2, 0.25) is 0 Å². The maximum Gasteiger partial charge on any atom is 0.251 e. The number of aryl methyl sites for hydroxylation is 1. The number of nitrogens with zero attached hydrogens (tertiary/aromatic N) is 1. The summed E-state index contributed by atoms with van der Waals surface area (Å²) in [5.41, 5.74) is 0.0604. The Morgan fingerprint density at radius 3 is 2.89 bits per heavy atom. The molecule has 2 N–H and O–H groups in total. The van der Waals surface area contributed by atoms with Gasteiger partial charge in [-0.2, -0.15) is 0 Å². The Morgan fingerprint density at radius 1 is 1.61 bits per heavy atom. The minimum Gasteiger partial charge on any atom is -0.396 e. The topological polar surface area (TPSA) is 80.6 Å². The first-order valence-electron chi connectivity index (χ1n) is 5.65. The molecule has 100 valence electrons. The van der Waals surface area contributed by atoms with E-state index in [-0.39, 0.29) is 24.1 Å². The van der Waals surface area contributed by atoms with E-state index in [0.29, 0.717) is 18.6 Å². The lowest BCUT2D eigenvalue weighted by Gasteiger charge is -2.16. The molecule has 0 saturated heterocycles. The third-order valence-electron chi connectivity index (χ3n) is 2.55. The van der Waals surface area contributed by atoms with Gasteiger partial charge in [0.1, 0.15) is 0 Å². The second-order valence-electron chi connectivity index (χ2n) is 4.00. The van der Waals surface area contributed by atoms with Gasteiger partial charge >= 0.3 is 0 Å². The number of hydrogen-bond donors (Lipinski definition) is 2. The summed E-state index contributed by atoms with van der Waals surface area (Å²) in [6.07, 6.45) is 1.94. The molecule has 1 heterocycles. The van der Waals surface area contributed by atoms with Crippen molar-refractivity contribution in [3.05, 3.63) is 34.2 Å². The first-order valence-corrected chi connectivity index (χ1v) is 5.65. The molecule has 0 aromatic carbocycles. The van der Waals surface area contributed by atoms with Crippen LogP contribution in [0.15, 0.2) is 23.1 Å². The summed E-state index contributed by atoms with van der Waals surface area (Å²) in [6, 6.07) is 2.58. The van der Waals surface area contributed by atoms with Gasteiger partial charge in [0.05, 0.1) is 12.6 Å². The van der Waals surface area contributed by atoms with Crippen LogP contribution < -0.4 is 10.9 Å². The number of aromatic nitrogens is 1. The summed E-state index contributed by atoms with van der Waals surface area (Å²) < 4.78 is 6.33. The standard InChI is InChI=1S/C12H18N2O4/c1-14-5-3-9(7-11(14)16)12(17)13-10(4-6-15)8-18-2/h3,5,7,10,15H,4,6,8H2,1-2H3,(H,13,17). The lowest BCUT2D eigenvalue weighted by molar-refractivity contribution is 0.0878. The van der Waals surface area contributed by atoms with Crippen LogP contribution in [-0.4, -0.2) is 41.9 Å². The molecule has 6 nitrogen and oxygen atoms in total. The molecule has 1 aromatic rings. The van der Waals surface area contributed by atoms with Crippen molar-refractivity contribution in [1.29, 1.82) is 0 Å². The Morgan fingerprint density at radius 2 is 2.33 bits per heavy atom. The molecule has 0 fully saturated rings. The smallest absolute Gasteiger partial charge is 0.251 e. The Bertz CT molecular complexity index is 450. The molecule has 1 atom stereocenters. The molecule has 0 radical (unpaired) electrons. The van der Waals surface area contributed by atoms with Crippen LogP contribution in [0.2, 0.25) is 0 Å². The van der Waals surface area contributed by atoms with Crippen molar-refractivity contribution in [3.63, 3.8) is 0 Å². The van der Waals surface area contributed by atoms with Crippen molar-refractivity contribution >= 4 is 5.91 Å². The normalized spacial score (nSPS) is 12.2. The van der Waals surface area contributed by atoms with Gasteiger partial charge in [0.25, 0.3) is 11.5 Å². The number of carbonyl (C=O) groups is 1. The van der Waals surface area contributed by atoms with Crippen molar-refractivity contribution in [2.75, 3.05) is 20.3 Å². The van der Waals surface area contributed by atoms with Crippen molar-refractivity contribution in [3.8, 4) is 0 Å². The summed E-state index contributed by atoms with van der Waals surface area (Å²) in [7, 11) is 3.14. The number of aliphatic hydroxyl groups is 1. The third kappa shape index (κ3) is 3.97. The summed E-state index contributed by atoms with van der Waals surface area (Å²) in [5.74, 6) is -0.344. The highest BCUT2D eigenvalue weighted by Crippen LogP contribution is 1.98. The lowest BCUT2D eigenvalue weighted by Crippen LogP contribution is -2.39. The number of hydrogen-bond acceptors (Lipinski definition) is 4. The highest BCUT2D eigenvalue weighted by atomic mass is 16.5. The molecule has 1 unspecified atom stereocenters. The summed E-state index contributed by atoms with van der Waals surface area (Å²) in [6.45, 7) is 0.280. The lowest BCUT2D eigenvalue weighted by atomic mass is 10.2. The van der Waals surface area contributed by atoms with E-state index >= 15 is 0 Å². The van der Waals surface area contributed by atoms with E-state index in [0.717, 1.165) is 0 Å². The number of ether oxygens (including phenoxy) is 1. The van der Waals surface area contributed by atoms with Crippen LogP contribution in [-0.2, 0) is 11.8 Å². The monoisotopic (exact) mass is 254 g/mol. The quantitative estimate of drug-likeness (QED) is 0.718. The van der Waals surface area contributed by atoms with Gasteiger partial charge in [0, 0.05) is 38.6 Å². The zero-order chi connectivity index (χ0) is 13.5. The van der Waals surface area contributed by atoms with Crippen LogP contribution >= 0.6 is 0 Å². The Balaban J connectivity index is 2.73. The van der Waals surface area contributed by atoms with Crippen LogP contribution in [0.25, 0.3) is 0 Å². The molecule has 18 heavy (non-hydrogen) atoms. The molecule has 1 aromatic heterocycles. The molecule has 1 rings (SSSR count). The fourth-order valence-corrected chi connectivity index (χ4v) is 1.51. The first-order chi connectivity index (χ1) is 8.58. The fraction of sp³-hybridized carbons (Fsp3) is 0.500. The molecule has 0 aliphatic heterocycles. The van der Waals surface area contributed by atoms with E-state index in [4.69, 9.17) is 9.84 Å². The highest BCUT2D eigenvalue weighted by Gasteiger charge is 2.13. The van der Waals surface area contributed by atoms with Crippen molar-refractivity contribution in [2.45, 2.75) is 12.5 Å². The summed E-state index contributed by atoms with van der Waals surface area (Å²) in [4.78, 5) is 23.3. The molecular formula is C12H18N2O4. The number of carbonyl (C=O) groups excluding carboxylic acids is 1. The minimum absolute atomic E-state index is 0.0368. The average Bonchev–Trinajstić information content (AvgIpc) is 2.33. The van der Waals surface area contributed by atoms with E-state index < -0.39 is 0 Å². The van der Waals surface area contributed by atoms with Gasteiger partial charge in [-0.15, -0.1) is 0 Å². The highest BCUT2D eigenvalue weighted by molar-refractivity contribution is 5.94. The van der Waals surface area contributed by atoms with E-state index in [1.165, 1.54) is 23.9 Å². The minimum atomic E-state index is -0.344. The molecule has 1 amide bonds. The van der Waals surface area contributed by atoms with Gasteiger partial charge in [-0.05, 0) is 12.5 Å². The van der Waals surface area contributed by atoms with E-state index in [9.17, 15) is 9.59 Å². The number of amides is 1. The Labute approximate surface area is 105 Å². The van der Waals surface area contributed by atoms with Crippen LogP contribution in [0, 0.1) is 0 Å². The summed E-state index contributed by atoms with van der Waals surface area (Å²) in [5, 5.41) is 11.6. The van der Waals surface area contributed by atoms with Crippen molar-refractivity contribution in [1.82, 2.24) is 9.88 Å². The third-order valence-corrected chi connectivity index (χ3v) is 2.55. The van der Waals surface area contributed by atoms with Crippen LogP contribution in [0.1, 0.15) is 16.8 Å². The Hall–Kier alpha value is -1.66. The van der Waals surface area contributed by atoms with Gasteiger partial charge in [-0.25, -0.2) is 0 Å². The van der Waals surface area contributed by atoms with Crippen molar-refractivity contribution < 1.29 is 14.6 Å². The average molecular weight is 254 g/mol. The number of aliphatic hydroxyl groups excluding tert-OH is 1. The predicted octanol–water partition coefficient (Wildman–Crippen LogP) is -0.488. The molecule has 0 saturated carbocycles. The van der Waals surface area contributed by atoms with Gasteiger partial charge in [-0.1, -0.05) is 0 Å². The number of nitrogens with one attached hydrogen (secondary N) is 1. The maximum atomic E-state index is 11.9. The van der Waals surface area contributed by atoms with Gasteiger partial charge in [-0.3, -0.25) is 9.59 Å². The van der Waals surface area contributed by atoms with Crippen LogP contribution in [0.4, 0.5) is 0 Å². The number of pyridine rings is 1.